The van der Waals surface area contributed by atoms with Gasteiger partial charge in [-0.05, 0) is 42.5 Å². The van der Waals surface area contributed by atoms with E-state index in [2.05, 4.69) is 15.5 Å². The second-order valence-corrected chi connectivity index (χ2v) is 6.02. The van der Waals surface area contributed by atoms with Crippen LogP contribution in [-0.2, 0) is 6.42 Å². The second kappa shape index (κ2) is 7.05. The monoisotopic (exact) mass is 371 g/mol. The summed E-state index contributed by atoms with van der Waals surface area (Å²) in [6, 6.07) is 12.2. The zero-order chi connectivity index (χ0) is 17.9. The Balaban J connectivity index is 1.33. The van der Waals surface area contributed by atoms with Crippen LogP contribution in [0.2, 0.25) is 5.02 Å². The molecule has 2 heterocycles. The minimum atomic E-state index is -0.208. The molecule has 4 rings (SSSR count). The smallest absolute Gasteiger partial charge is 0.251 e. The van der Waals surface area contributed by atoms with Crippen LogP contribution in [-0.4, -0.2) is 29.4 Å². The zero-order valence-corrected chi connectivity index (χ0v) is 14.3. The lowest BCUT2D eigenvalue weighted by Crippen LogP contribution is -2.25. The summed E-state index contributed by atoms with van der Waals surface area (Å²) < 4.78 is 16.1. The minimum Gasteiger partial charge on any atom is -0.454 e. The number of ether oxygens (including phenoxy) is 2. The molecule has 1 N–H and O–H groups in total. The van der Waals surface area contributed by atoms with Crippen LogP contribution in [0.3, 0.4) is 0 Å². The molecule has 1 amide bonds. The van der Waals surface area contributed by atoms with E-state index in [0.29, 0.717) is 46.8 Å². The number of rotatable bonds is 5. The van der Waals surface area contributed by atoms with Crippen LogP contribution in [0.25, 0.3) is 11.5 Å². The number of hydrogen-bond acceptors (Lipinski definition) is 6. The Morgan fingerprint density at radius 3 is 2.73 bits per heavy atom. The Labute approximate surface area is 153 Å². The quantitative estimate of drug-likeness (QED) is 0.741. The number of nitrogens with one attached hydrogen (secondary N) is 1. The number of carbonyl (C=O) groups is 1. The molecule has 1 aromatic heterocycles. The molecule has 3 aromatic rings. The van der Waals surface area contributed by atoms with Crippen molar-refractivity contribution >= 4 is 17.5 Å². The molecule has 26 heavy (non-hydrogen) atoms. The SMILES string of the molecule is O=C(NCCc1nnc(-c2ccc(Cl)cc2)o1)c1ccc2c(c1)OCO2. The number of benzene rings is 2. The molecule has 0 saturated carbocycles. The number of amides is 1. The summed E-state index contributed by atoms with van der Waals surface area (Å²) in [7, 11) is 0. The highest BCUT2D eigenvalue weighted by Crippen LogP contribution is 2.32. The summed E-state index contributed by atoms with van der Waals surface area (Å²) >= 11 is 5.86. The molecule has 0 unspecified atom stereocenters. The summed E-state index contributed by atoms with van der Waals surface area (Å²) in [5.41, 5.74) is 1.29. The number of carbonyl (C=O) groups excluding carboxylic acids is 1. The molecular formula is C18H14ClN3O4. The van der Waals surface area contributed by atoms with Crippen molar-refractivity contribution in [2.45, 2.75) is 6.42 Å². The van der Waals surface area contributed by atoms with Crippen LogP contribution >= 0.6 is 11.6 Å². The van der Waals surface area contributed by atoms with Crippen molar-refractivity contribution in [2.24, 2.45) is 0 Å². The first-order valence-corrected chi connectivity index (χ1v) is 8.33. The van der Waals surface area contributed by atoms with Gasteiger partial charge in [-0.25, -0.2) is 0 Å². The third kappa shape index (κ3) is 3.48. The zero-order valence-electron chi connectivity index (χ0n) is 13.6. The highest BCUT2D eigenvalue weighted by atomic mass is 35.5. The van der Waals surface area contributed by atoms with E-state index in [9.17, 15) is 4.79 Å². The molecule has 1 aliphatic rings. The van der Waals surface area contributed by atoms with Gasteiger partial charge in [-0.2, -0.15) is 0 Å². The fraction of sp³-hybridized carbons (Fsp3) is 0.167. The number of fused-ring (bicyclic) bond motifs is 1. The van der Waals surface area contributed by atoms with Gasteiger partial charge in [0.15, 0.2) is 11.5 Å². The fourth-order valence-electron chi connectivity index (χ4n) is 2.49. The van der Waals surface area contributed by atoms with Gasteiger partial charge in [-0.1, -0.05) is 11.6 Å². The van der Waals surface area contributed by atoms with E-state index in [1.165, 1.54) is 0 Å². The van der Waals surface area contributed by atoms with Crippen LogP contribution in [0, 0.1) is 0 Å². The Bertz CT molecular complexity index is 940. The highest BCUT2D eigenvalue weighted by Gasteiger charge is 2.16. The van der Waals surface area contributed by atoms with E-state index >= 15 is 0 Å². The molecule has 7 nitrogen and oxygen atoms in total. The molecule has 0 saturated heterocycles. The lowest BCUT2D eigenvalue weighted by Gasteiger charge is -2.04. The molecule has 0 radical (unpaired) electrons. The Morgan fingerprint density at radius 2 is 1.88 bits per heavy atom. The van der Waals surface area contributed by atoms with E-state index < -0.39 is 0 Å². The first kappa shape index (κ1) is 16.4. The molecule has 0 spiro atoms. The summed E-state index contributed by atoms with van der Waals surface area (Å²) in [4.78, 5) is 12.2. The number of hydrogen-bond donors (Lipinski definition) is 1. The molecule has 0 fully saturated rings. The van der Waals surface area contributed by atoms with Crippen molar-refractivity contribution in [3.8, 4) is 23.0 Å². The fourth-order valence-corrected chi connectivity index (χ4v) is 2.61. The Kier molecular flexibility index (Phi) is 4.45. The minimum absolute atomic E-state index is 0.174. The van der Waals surface area contributed by atoms with Crippen molar-refractivity contribution in [3.05, 3.63) is 58.9 Å². The summed E-state index contributed by atoms with van der Waals surface area (Å²) in [5, 5.41) is 11.5. The molecule has 132 valence electrons. The molecule has 0 bridgehead atoms. The number of halogens is 1. The Hall–Kier alpha value is -3.06. The van der Waals surface area contributed by atoms with E-state index in [0.717, 1.165) is 5.56 Å². The molecule has 8 heteroatoms. The molecule has 0 atom stereocenters. The topological polar surface area (TPSA) is 86.5 Å². The average molecular weight is 372 g/mol. The van der Waals surface area contributed by atoms with Gasteiger partial charge in [0.25, 0.3) is 5.91 Å². The average Bonchev–Trinajstić information content (AvgIpc) is 3.31. The van der Waals surface area contributed by atoms with Gasteiger partial charge in [0.1, 0.15) is 0 Å². The van der Waals surface area contributed by atoms with Gasteiger partial charge in [-0.15, -0.1) is 10.2 Å². The van der Waals surface area contributed by atoms with Crippen LogP contribution in [0.4, 0.5) is 0 Å². The summed E-state index contributed by atoms with van der Waals surface area (Å²) in [5.74, 6) is 1.87. The van der Waals surface area contributed by atoms with E-state index in [-0.39, 0.29) is 12.7 Å². The predicted octanol–water partition coefficient (Wildman–Crippen LogP) is 3.09. The van der Waals surface area contributed by atoms with Crippen LogP contribution in [0.5, 0.6) is 11.5 Å². The summed E-state index contributed by atoms with van der Waals surface area (Å²) in [6.07, 6.45) is 0.427. The van der Waals surface area contributed by atoms with Gasteiger partial charge < -0.3 is 19.2 Å². The molecular weight excluding hydrogens is 358 g/mol. The van der Waals surface area contributed by atoms with Crippen molar-refractivity contribution < 1.29 is 18.7 Å². The predicted molar refractivity (Wildman–Crippen MR) is 93.3 cm³/mol. The van der Waals surface area contributed by atoms with Gasteiger partial charge >= 0.3 is 0 Å². The van der Waals surface area contributed by atoms with E-state index in [4.69, 9.17) is 25.5 Å². The maximum Gasteiger partial charge on any atom is 0.251 e. The van der Waals surface area contributed by atoms with Crippen molar-refractivity contribution in [3.63, 3.8) is 0 Å². The van der Waals surface area contributed by atoms with Gasteiger partial charge in [-0.3, -0.25) is 4.79 Å². The maximum atomic E-state index is 12.2. The molecule has 0 aliphatic carbocycles. The third-order valence-electron chi connectivity index (χ3n) is 3.82. The van der Waals surface area contributed by atoms with Crippen molar-refractivity contribution in [1.82, 2.24) is 15.5 Å². The van der Waals surface area contributed by atoms with Gasteiger partial charge in [0, 0.05) is 29.1 Å². The first-order chi connectivity index (χ1) is 12.7. The number of aromatic nitrogens is 2. The second-order valence-electron chi connectivity index (χ2n) is 5.58. The number of nitrogens with zero attached hydrogens (tertiary/aromatic N) is 2. The van der Waals surface area contributed by atoms with Crippen molar-refractivity contribution in [2.75, 3.05) is 13.3 Å². The third-order valence-corrected chi connectivity index (χ3v) is 4.07. The van der Waals surface area contributed by atoms with E-state index in [1.54, 1.807) is 42.5 Å². The van der Waals surface area contributed by atoms with E-state index in [1.807, 2.05) is 0 Å². The largest absolute Gasteiger partial charge is 0.454 e. The standard InChI is InChI=1S/C18H14ClN3O4/c19-13-4-1-11(2-5-13)18-22-21-16(26-18)7-8-20-17(23)12-3-6-14-15(9-12)25-10-24-14/h1-6,9H,7-8,10H2,(H,20,23). The van der Waals surface area contributed by atoms with Crippen LogP contribution in [0.15, 0.2) is 46.9 Å². The van der Waals surface area contributed by atoms with Crippen LogP contribution < -0.4 is 14.8 Å². The van der Waals surface area contributed by atoms with Crippen LogP contribution in [0.1, 0.15) is 16.2 Å². The maximum absolute atomic E-state index is 12.2. The molecule has 1 aliphatic heterocycles. The summed E-state index contributed by atoms with van der Waals surface area (Å²) in [6.45, 7) is 0.545. The first-order valence-electron chi connectivity index (χ1n) is 7.95. The normalized spacial score (nSPS) is 12.2. The lowest BCUT2D eigenvalue weighted by molar-refractivity contribution is 0.0953. The lowest BCUT2D eigenvalue weighted by atomic mass is 10.2. The van der Waals surface area contributed by atoms with Gasteiger partial charge in [0.05, 0.1) is 0 Å². The van der Waals surface area contributed by atoms with Crippen molar-refractivity contribution in [1.29, 1.82) is 0 Å². The Morgan fingerprint density at radius 1 is 1.08 bits per heavy atom. The highest BCUT2D eigenvalue weighted by molar-refractivity contribution is 6.30. The molecule has 2 aromatic carbocycles. The van der Waals surface area contributed by atoms with Gasteiger partial charge in [0.2, 0.25) is 18.6 Å².